The lowest BCUT2D eigenvalue weighted by atomic mass is 10.3. The van der Waals surface area contributed by atoms with E-state index in [1.807, 2.05) is 6.92 Å². The van der Waals surface area contributed by atoms with Gasteiger partial charge in [0.15, 0.2) is 9.84 Å². The van der Waals surface area contributed by atoms with Crippen molar-refractivity contribution in [2.45, 2.75) is 36.8 Å². The summed E-state index contributed by atoms with van der Waals surface area (Å²) in [5.41, 5.74) is 5.90. The van der Waals surface area contributed by atoms with Crippen LogP contribution in [0.1, 0.15) is 26.7 Å². The largest absolute Gasteiger partial charge is 0.398 e. The second kappa shape index (κ2) is 5.06. The van der Waals surface area contributed by atoms with E-state index in [1.165, 1.54) is 0 Å². The van der Waals surface area contributed by atoms with Gasteiger partial charge in [-0.3, -0.25) is 0 Å². The van der Waals surface area contributed by atoms with Crippen LogP contribution < -0.4 is 5.73 Å². The van der Waals surface area contributed by atoms with Gasteiger partial charge in [0.05, 0.1) is 16.0 Å². The van der Waals surface area contributed by atoms with Crippen LogP contribution in [0.5, 0.6) is 0 Å². The molecule has 0 aliphatic carbocycles. The maximum atomic E-state index is 12.2. The number of hydrogen-bond acceptors (Lipinski definition) is 3. The summed E-state index contributed by atoms with van der Waals surface area (Å²) in [6.07, 6.45) is 1.41. The average molecular weight is 262 g/mol. The Kier molecular flexibility index (Phi) is 4.21. The molecular formula is C11H16ClNO2S. The number of benzene rings is 1. The van der Waals surface area contributed by atoms with Crippen molar-refractivity contribution in [3.63, 3.8) is 0 Å². The Morgan fingerprint density at radius 3 is 2.56 bits per heavy atom. The standard InChI is InChI=1S/C11H16ClNO2S/c1-3-5-8(2)16(14,15)11-9(12)6-4-7-10(11)13/h4,6-8H,3,5,13H2,1-2H3. The molecule has 0 aromatic heterocycles. The van der Waals surface area contributed by atoms with E-state index >= 15 is 0 Å². The van der Waals surface area contributed by atoms with E-state index in [0.717, 1.165) is 6.42 Å². The van der Waals surface area contributed by atoms with Crippen molar-refractivity contribution in [2.75, 3.05) is 5.73 Å². The molecule has 1 aromatic rings. The molecule has 0 aliphatic heterocycles. The number of sulfone groups is 1. The zero-order chi connectivity index (χ0) is 12.3. The quantitative estimate of drug-likeness (QED) is 0.848. The lowest BCUT2D eigenvalue weighted by Crippen LogP contribution is -2.19. The average Bonchev–Trinajstić information content (AvgIpc) is 2.17. The number of rotatable bonds is 4. The van der Waals surface area contributed by atoms with Crippen LogP contribution in [0.2, 0.25) is 5.02 Å². The van der Waals surface area contributed by atoms with Gasteiger partial charge in [-0.05, 0) is 25.5 Å². The van der Waals surface area contributed by atoms with Gasteiger partial charge in [0, 0.05) is 0 Å². The SMILES string of the molecule is CCCC(C)S(=O)(=O)c1c(N)cccc1Cl. The van der Waals surface area contributed by atoms with E-state index in [9.17, 15) is 8.42 Å². The summed E-state index contributed by atoms with van der Waals surface area (Å²) in [4.78, 5) is 0.0672. The van der Waals surface area contributed by atoms with Crippen molar-refractivity contribution in [1.82, 2.24) is 0 Å². The van der Waals surface area contributed by atoms with Gasteiger partial charge < -0.3 is 5.73 Å². The highest BCUT2D eigenvalue weighted by Gasteiger charge is 2.26. The third-order valence-corrected chi connectivity index (χ3v) is 5.25. The second-order valence-corrected chi connectivity index (χ2v) is 6.51. The van der Waals surface area contributed by atoms with Crippen LogP contribution >= 0.6 is 11.6 Å². The molecule has 0 saturated carbocycles. The molecule has 0 bridgehead atoms. The number of nitrogens with two attached hydrogens (primary N) is 1. The zero-order valence-electron chi connectivity index (χ0n) is 9.40. The fraction of sp³-hybridized carbons (Fsp3) is 0.455. The number of hydrogen-bond donors (Lipinski definition) is 1. The number of nitrogen functional groups attached to an aromatic ring is 1. The summed E-state index contributed by atoms with van der Waals surface area (Å²) in [6.45, 7) is 3.63. The van der Waals surface area contributed by atoms with E-state index < -0.39 is 15.1 Å². The van der Waals surface area contributed by atoms with Gasteiger partial charge in [-0.25, -0.2) is 8.42 Å². The van der Waals surface area contributed by atoms with E-state index in [1.54, 1.807) is 25.1 Å². The first-order valence-electron chi connectivity index (χ1n) is 5.19. The van der Waals surface area contributed by atoms with E-state index in [-0.39, 0.29) is 15.6 Å². The van der Waals surface area contributed by atoms with Crippen LogP contribution in [0, 0.1) is 0 Å². The summed E-state index contributed by atoms with van der Waals surface area (Å²) in [5, 5.41) is -0.261. The topological polar surface area (TPSA) is 60.2 Å². The zero-order valence-corrected chi connectivity index (χ0v) is 11.0. The monoisotopic (exact) mass is 261 g/mol. The minimum Gasteiger partial charge on any atom is -0.398 e. The van der Waals surface area contributed by atoms with Crippen LogP contribution in [-0.4, -0.2) is 13.7 Å². The number of halogens is 1. The predicted octanol–water partition coefficient (Wildman–Crippen LogP) is 2.88. The van der Waals surface area contributed by atoms with E-state index in [0.29, 0.717) is 6.42 Å². The summed E-state index contributed by atoms with van der Waals surface area (Å²) >= 11 is 5.90. The molecule has 1 unspecified atom stereocenters. The minimum absolute atomic E-state index is 0.0672. The summed E-state index contributed by atoms with van der Waals surface area (Å²) < 4.78 is 24.4. The van der Waals surface area contributed by atoms with Crippen molar-refractivity contribution in [2.24, 2.45) is 0 Å². The highest BCUT2D eigenvalue weighted by molar-refractivity contribution is 7.92. The Hall–Kier alpha value is -0.740. The Bertz CT molecular complexity index is 451. The molecule has 1 atom stereocenters. The molecule has 1 aromatic carbocycles. The summed E-state index contributed by atoms with van der Waals surface area (Å²) in [7, 11) is -3.42. The van der Waals surface area contributed by atoms with E-state index in [2.05, 4.69) is 0 Å². The molecule has 90 valence electrons. The van der Waals surface area contributed by atoms with Gasteiger partial charge in [0.25, 0.3) is 0 Å². The lowest BCUT2D eigenvalue weighted by Gasteiger charge is -2.14. The minimum atomic E-state index is -3.42. The Morgan fingerprint density at radius 1 is 1.44 bits per heavy atom. The van der Waals surface area contributed by atoms with Gasteiger partial charge in [0.2, 0.25) is 0 Å². The van der Waals surface area contributed by atoms with Crippen LogP contribution in [-0.2, 0) is 9.84 Å². The van der Waals surface area contributed by atoms with Gasteiger partial charge in [-0.2, -0.15) is 0 Å². The maximum Gasteiger partial charge on any atom is 0.184 e. The van der Waals surface area contributed by atoms with Crippen LogP contribution in [0.3, 0.4) is 0 Å². The molecule has 0 aliphatic rings. The first-order chi connectivity index (χ1) is 7.41. The molecule has 16 heavy (non-hydrogen) atoms. The normalized spacial score (nSPS) is 13.7. The molecule has 0 amide bonds. The fourth-order valence-electron chi connectivity index (χ4n) is 1.59. The van der Waals surface area contributed by atoms with Crippen LogP contribution in [0.4, 0.5) is 5.69 Å². The molecule has 5 heteroatoms. The van der Waals surface area contributed by atoms with Gasteiger partial charge in [0.1, 0.15) is 4.90 Å². The molecule has 0 saturated heterocycles. The van der Waals surface area contributed by atoms with Crippen molar-refractivity contribution >= 4 is 27.1 Å². The molecule has 0 fully saturated rings. The molecular weight excluding hydrogens is 246 g/mol. The first kappa shape index (κ1) is 13.3. The van der Waals surface area contributed by atoms with E-state index in [4.69, 9.17) is 17.3 Å². The molecule has 2 N–H and O–H groups in total. The highest BCUT2D eigenvalue weighted by Crippen LogP contribution is 2.31. The van der Waals surface area contributed by atoms with Gasteiger partial charge >= 0.3 is 0 Å². The molecule has 1 rings (SSSR count). The molecule has 0 spiro atoms. The summed E-state index contributed by atoms with van der Waals surface area (Å²) in [6, 6.07) is 4.74. The lowest BCUT2D eigenvalue weighted by molar-refractivity contribution is 0.576. The fourth-order valence-corrected chi connectivity index (χ4v) is 3.78. The van der Waals surface area contributed by atoms with Crippen LogP contribution in [0.25, 0.3) is 0 Å². The number of anilines is 1. The predicted molar refractivity (Wildman–Crippen MR) is 67.4 cm³/mol. The first-order valence-corrected chi connectivity index (χ1v) is 7.11. The smallest absolute Gasteiger partial charge is 0.184 e. The third kappa shape index (κ3) is 2.50. The van der Waals surface area contributed by atoms with Crippen LogP contribution in [0.15, 0.2) is 23.1 Å². The Morgan fingerprint density at radius 2 is 2.06 bits per heavy atom. The molecule has 0 radical (unpaired) electrons. The van der Waals surface area contributed by atoms with Crippen molar-refractivity contribution in [3.8, 4) is 0 Å². The molecule has 0 heterocycles. The Balaban J connectivity index is 3.27. The van der Waals surface area contributed by atoms with Crippen molar-refractivity contribution < 1.29 is 8.42 Å². The van der Waals surface area contributed by atoms with Crippen molar-refractivity contribution in [3.05, 3.63) is 23.2 Å². The van der Waals surface area contributed by atoms with Gasteiger partial charge in [-0.1, -0.05) is 31.0 Å². The Labute approximate surface area is 102 Å². The third-order valence-electron chi connectivity index (χ3n) is 2.51. The molecule has 3 nitrogen and oxygen atoms in total. The van der Waals surface area contributed by atoms with Gasteiger partial charge in [-0.15, -0.1) is 0 Å². The second-order valence-electron chi connectivity index (χ2n) is 3.80. The highest BCUT2D eigenvalue weighted by atomic mass is 35.5. The summed E-state index contributed by atoms with van der Waals surface area (Å²) in [5.74, 6) is 0. The maximum absolute atomic E-state index is 12.2. The van der Waals surface area contributed by atoms with Crippen molar-refractivity contribution in [1.29, 1.82) is 0 Å².